The van der Waals surface area contributed by atoms with E-state index in [-0.39, 0.29) is 17.3 Å². The number of carbonyl (C=O) groups excluding carboxylic acids is 1. The van der Waals surface area contributed by atoms with Gasteiger partial charge in [-0.2, -0.15) is 0 Å². The summed E-state index contributed by atoms with van der Waals surface area (Å²) in [6.45, 7) is 1.52. The van der Waals surface area contributed by atoms with E-state index in [4.69, 9.17) is 0 Å². The maximum Gasteiger partial charge on any atom is 0.229 e. The summed E-state index contributed by atoms with van der Waals surface area (Å²) >= 11 is 1.65. The van der Waals surface area contributed by atoms with Gasteiger partial charge in [-0.15, -0.1) is 0 Å². The van der Waals surface area contributed by atoms with Crippen LogP contribution in [-0.4, -0.2) is 29.0 Å². The Labute approximate surface area is 148 Å². The molecule has 3 heterocycles. The number of H-pyrrole nitrogens is 1. The van der Waals surface area contributed by atoms with Crippen molar-refractivity contribution in [3.8, 4) is 0 Å². The first-order valence-corrected chi connectivity index (χ1v) is 9.11. The van der Waals surface area contributed by atoms with Crippen LogP contribution in [0.4, 0.5) is 10.8 Å². The van der Waals surface area contributed by atoms with Crippen molar-refractivity contribution in [3.63, 3.8) is 0 Å². The van der Waals surface area contributed by atoms with Crippen molar-refractivity contribution in [1.82, 2.24) is 9.97 Å². The van der Waals surface area contributed by atoms with Crippen LogP contribution in [-0.2, 0) is 4.79 Å². The lowest BCUT2D eigenvalue weighted by Gasteiger charge is -2.31. The second kappa shape index (κ2) is 6.68. The van der Waals surface area contributed by atoms with Crippen LogP contribution in [0, 0.1) is 5.92 Å². The van der Waals surface area contributed by atoms with Crippen molar-refractivity contribution in [3.05, 3.63) is 52.9 Å². The average molecular weight is 354 g/mol. The zero-order valence-electron chi connectivity index (χ0n) is 13.6. The summed E-state index contributed by atoms with van der Waals surface area (Å²) < 4.78 is 1.15. The van der Waals surface area contributed by atoms with Crippen molar-refractivity contribution >= 4 is 38.3 Å². The monoisotopic (exact) mass is 354 g/mol. The van der Waals surface area contributed by atoms with Gasteiger partial charge in [0.05, 0.1) is 16.1 Å². The second-order valence-corrected chi connectivity index (χ2v) is 7.17. The number of para-hydroxylation sites is 1. The van der Waals surface area contributed by atoms with E-state index in [2.05, 4.69) is 26.3 Å². The van der Waals surface area contributed by atoms with E-state index in [1.165, 1.54) is 12.3 Å². The molecule has 2 N–H and O–H groups in total. The highest BCUT2D eigenvalue weighted by Crippen LogP contribution is 2.31. The molecule has 0 spiro atoms. The minimum atomic E-state index is -0.189. The predicted octanol–water partition coefficient (Wildman–Crippen LogP) is 2.84. The molecule has 2 aromatic heterocycles. The first-order valence-electron chi connectivity index (χ1n) is 8.29. The van der Waals surface area contributed by atoms with Gasteiger partial charge in [0.25, 0.3) is 0 Å². The van der Waals surface area contributed by atoms with Crippen LogP contribution in [0.15, 0.2) is 47.5 Å². The van der Waals surface area contributed by atoms with Crippen LogP contribution in [0.2, 0.25) is 0 Å². The molecular formula is C18H18N4O2S. The molecule has 0 saturated carbocycles. The highest BCUT2D eigenvalue weighted by atomic mass is 32.1. The molecule has 0 unspecified atom stereocenters. The van der Waals surface area contributed by atoms with Gasteiger partial charge in [-0.25, -0.2) is 4.98 Å². The zero-order chi connectivity index (χ0) is 17.2. The van der Waals surface area contributed by atoms with Gasteiger partial charge < -0.3 is 15.2 Å². The van der Waals surface area contributed by atoms with Gasteiger partial charge in [0, 0.05) is 31.5 Å². The quantitative estimate of drug-likeness (QED) is 0.758. The topological polar surface area (TPSA) is 78.1 Å². The Morgan fingerprint density at radius 1 is 1.32 bits per heavy atom. The largest absolute Gasteiger partial charge is 0.366 e. The Morgan fingerprint density at radius 3 is 3.04 bits per heavy atom. The lowest BCUT2D eigenvalue weighted by molar-refractivity contribution is -0.120. The van der Waals surface area contributed by atoms with Crippen molar-refractivity contribution in [2.75, 3.05) is 23.3 Å². The van der Waals surface area contributed by atoms with Crippen molar-refractivity contribution < 1.29 is 4.79 Å². The van der Waals surface area contributed by atoms with Gasteiger partial charge in [0.15, 0.2) is 5.13 Å². The van der Waals surface area contributed by atoms with Crippen LogP contribution in [0.5, 0.6) is 0 Å². The number of aromatic nitrogens is 2. The number of rotatable bonds is 3. The maximum atomic E-state index is 12.6. The first-order chi connectivity index (χ1) is 12.2. The standard InChI is InChI=1S/C18H18N4O2S/c23-15-7-8-19-10-14(15)20-17(24)12-4-3-9-22(11-12)18-21-13-5-1-2-6-16(13)25-18/h1-2,5-8,10,12H,3-4,9,11H2,(H,19,23)(H,20,24)/t12-/m1/s1. The van der Waals surface area contributed by atoms with Gasteiger partial charge in [0.2, 0.25) is 11.3 Å². The number of piperidine rings is 1. The van der Waals surface area contributed by atoms with E-state index in [1.807, 2.05) is 18.2 Å². The second-order valence-electron chi connectivity index (χ2n) is 6.16. The molecule has 1 atom stereocenters. The Bertz CT molecular complexity index is 932. The molecule has 3 aromatic rings. The average Bonchev–Trinajstić information content (AvgIpc) is 3.08. The minimum absolute atomic E-state index is 0.109. The van der Waals surface area contributed by atoms with E-state index in [1.54, 1.807) is 17.5 Å². The van der Waals surface area contributed by atoms with E-state index in [9.17, 15) is 9.59 Å². The first kappa shape index (κ1) is 15.8. The number of fused-ring (bicyclic) bond motifs is 1. The Balaban J connectivity index is 1.49. The van der Waals surface area contributed by atoms with E-state index in [0.717, 1.165) is 34.7 Å². The molecule has 1 aromatic carbocycles. The summed E-state index contributed by atoms with van der Waals surface area (Å²) in [7, 11) is 0. The van der Waals surface area contributed by atoms with E-state index in [0.29, 0.717) is 12.2 Å². The summed E-state index contributed by atoms with van der Waals surface area (Å²) in [5, 5.41) is 3.71. The number of aromatic amines is 1. The molecule has 6 nitrogen and oxygen atoms in total. The Hall–Kier alpha value is -2.67. The van der Waals surface area contributed by atoms with E-state index >= 15 is 0 Å². The molecule has 0 radical (unpaired) electrons. The Kier molecular flexibility index (Phi) is 4.23. The molecule has 7 heteroatoms. The number of amides is 1. The minimum Gasteiger partial charge on any atom is -0.366 e. The van der Waals surface area contributed by atoms with Gasteiger partial charge in [-0.3, -0.25) is 9.59 Å². The third-order valence-corrected chi connectivity index (χ3v) is 5.52. The molecule has 128 valence electrons. The van der Waals surface area contributed by atoms with Crippen LogP contribution in [0.1, 0.15) is 12.8 Å². The number of benzene rings is 1. The number of thiazole rings is 1. The lowest BCUT2D eigenvalue weighted by Crippen LogP contribution is -2.41. The molecule has 0 bridgehead atoms. The molecule has 1 saturated heterocycles. The highest BCUT2D eigenvalue weighted by Gasteiger charge is 2.27. The summed E-state index contributed by atoms with van der Waals surface area (Å²) in [6.07, 6.45) is 4.82. The molecular weight excluding hydrogens is 336 g/mol. The van der Waals surface area contributed by atoms with Crippen molar-refractivity contribution in [1.29, 1.82) is 0 Å². The summed E-state index contributed by atoms with van der Waals surface area (Å²) in [4.78, 5) is 34.0. The predicted molar refractivity (Wildman–Crippen MR) is 100 cm³/mol. The molecule has 25 heavy (non-hydrogen) atoms. The van der Waals surface area contributed by atoms with Gasteiger partial charge in [0.1, 0.15) is 5.69 Å². The normalized spacial score (nSPS) is 17.6. The molecule has 1 aliphatic heterocycles. The fraction of sp³-hybridized carbons (Fsp3) is 0.278. The van der Waals surface area contributed by atoms with Crippen molar-refractivity contribution in [2.24, 2.45) is 5.92 Å². The summed E-state index contributed by atoms with van der Waals surface area (Å²) in [6, 6.07) is 9.46. The van der Waals surface area contributed by atoms with Gasteiger partial charge in [-0.1, -0.05) is 23.5 Å². The van der Waals surface area contributed by atoms with Crippen LogP contribution in [0.3, 0.4) is 0 Å². The molecule has 1 fully saturated rings. The highest BCUT2D eigenvalue weighted by molar-refractivity contribution is 7.22. The number of nitrogens with zero attached hydrogens (tertiary/aromatic N) is 2. The number of anilines is 2. The summed E-state index contributed by atoms with van der Waals surface area (Å²) in [5.41, 5.74) is 1.10. The lowest BCUT2D eigenvalue weighted by atomic mass is 9.97. The number of carbonyl (C=O) groups is 1. The molecule has 0 aliphatic carbocycles. The molecule has 1 amide bonds. The Morgan fingerprint density at radius 2 is 2.20 bits per heavy atom. The number of hydrogen-bond donors (Lipinski definition) is 2. The van der Waals surface area contributed by atoms with Crippen molar-refractivity contribution in [2.45, 2.75) is 12.8 Å². The van der Waals surface area contributed by atoms with Gasteiger partial charge >= 0.3 is 0 Å². The third-order valence-electron chi connectivity index (χ3n) is 4.43. The maximum absolute atomic E-state index is 12.6. The van der Waals surface area contributed by atoms with Crippen LogP contribution in [0.25, 0.3) is 10.2 Å². The number of nitrogens with one attached hydrogen (secondary N) is 2. The SMILES string of the molecule is O=C(Nc1c[nH]ccc1=O)[C@@H]1CCCN(c2nc3ccccc3s2)C1. The zero-order valence-corrected chi connectivity index (χ0v) is 14.4. The molecule has 1 aliphatic rings. The van der Waals surface area contributed by atoms with Gasteiger partial charge in [-0.05, 0) is 25.0 Å². The smallest absolute Gasteiger partial charge is 0.229 e. The van der Waals surface area contributed by atoms with Crippen LogP contribution >= 0.6 is 11.3 Å². The number of pyridine rings is 1. The third kappa shape index (κ3) is 3.28. The summed E-state index contributed by atoms with van der Waals surface area (Å²) in [5.74, 6) is -0.261. The molecule has 4 rings (SSSR count). The van der Waals surface area contributed by atoms with Crippen LogP contribution < -0.4 is 15.6 Å². The van der Waals surface area contributed by atoms with E-state index < -0.39 is 0 Å². The fourth-order valence-electron chi connectivity index (χ4n) is 3.11. The fourth-order valence-corrected chi connectivity index (χ4v) is 4.11. The number of hydrogen-bond acceptors (Lipinski definition) is 5.